The van der Waals surface area contributed by atoms with Crippen LogP contribution in [0.15, 0.2) is 0 Å². The molecule has 0 unspecified atom stereocenters. The number of nitrogens with one attached hydrogen (secondary N) is 2. The van der Waals surface area contributed by atoms with Gasteiger partial charge in [0, 0.05) is 0 Å². The van der Waals surface area contributed by atoms with Crippen molar-refractivity contribution in [3.05, 3.63) is 0 Å². The summed E-state index contributed by atoms with van der Waals surface area (Å²) in [6, 6.07) is 0. The molecular formula is C6H14As4N2O6. The normalized spacial score (nSPS) is 33.1. The molecule has 0 bridgehead atoms. The Morgan fingerprint density at radius 2 is 1.06 bits per heavy atom. The molecule has 1 aliphatic heterocycles. The number of hydrogen-bond donors (Lipinski definition) is 2. The molecule has 0 spiro atoms. The SMILES string of the molecule is CC(=O)N[As]1O[As](C)O[As](NC(C)=O)O[As](C)O1. The minimum absolute atomic E-state index is 0.184. The molecular weight excluding hydrogens is 496 g/mol. The zero-order chi connectivity index (χ0) is 13.7. The van der Waals surface area contributed by atoms with E-state index in [9.17, 15) is 9.59 Å². The summed E-state index contributed by atoms with van der Waals surface area (Å²) in [5.74, 6) is -0.367. The van der Waals surface area contributed by atoms with Gasteiger partial charge in [-0.3, -0.25) is 0 Å². The Morgan fingerprint density at radius 3 is 1.28 bits per heavy atom. The Kier molecular flexibility index (Phi) is 7.90. The van der Waals surface area contributed by atoms with Gasteiger partial charge in [0.05, 0.1) is 0 Å². The topological polar surface area (TPSA) is 95.1 Å². The average molecular weight is 510 g/mol. The summed E-state index contributed by atoms with van der Waals surface area (Å²) in [4.78, 5) is 22.0. The first-order valence-electron chi connectivity index (χ1n) is 4.71. The van der Waals surface area contributed by atoms with Crippen LogP contribution >= 0.6 is 0 Å². The molecule has 0 aromatic rings. The van der Waals surface area contributed by atoms with Gasteiger partial charge in [0.2, 0.25) is 0 Å². The molecule has 0 saturated carbocycles. The van der Waals surface area contributed by atoms with Crippen molar-refractivity contribution in [2.45, 2.75) is 25.3 Å². The third kappa shape index (κ3) is 6.97. The van der Waals surface area contributed by atoms with Crippen molar-refractivity contribution in [2.24, 2.45) is 0 Å². The third-order valence-corrected chi connectivity index (χ3v) is 23.0. The van der Waals surface area contributed by atoms with Gasteiger partial charge in [0.1, 0.15) is 0 Å². The molecule has 2 amide bonds. The average Bonchev–Trinajstić information content (AvgIpc) is 2.11. The summed E-state index contributed by atoms with van der Waals surface area (Å²) in [5.41, 5.74) is 3.65. The van der Waals surface area contributed by atoms with E-state index in [1.807, 2.05) is 11.4 Å². The molecule has 1 rings (SSSR count). The maximum atomic E-state index is 11.0. The van der Waals surface area contributed by atoms with Gasteiger partial charge in [-0.25, -0.2) is 0 Å². The number of carbonyl (C=O) groups excluding carboxylic acids is 2. The van der Waals surface area contributed by atoms with E-state index in [0.29, 0.717) is 0 Å². The van der Waals surface area contributed by atoms with Crippen molar-refractivity contribution in [1.29, 1.82) is 0 Å². The van der Waals surface area contributed by atoms with E-state index < -0.39 is 61.8 Å². The van der Waals surface area contributed by atoms with Crippen molar-refractivity contribution < 1.29 is 20.4 Å². The zero-order valence-corrected chi connectivity index (χ0v) is 17.7. The van der Waals surface area contributed by atoms with Gasteiger partial charge >= 0.3 is 128 Å². The van der Waals surface area contributed by atoms with Crippen LogP contribution in [0.5, 0.6) is 0 Å². The standard InChI is InChI=1S/C6H14As4N2O6/c1-5(13)11-9-15-7(3)17-10(12-6(2)14)18-8(4)16-9/h1-4H3,(H,11,13)(H,12,14). The molecule has 2 N–H and O–H groups in total. The number of amides is 2. The van der Waals surface area contributed by atoms with Crippen LogP contribution in [0, 0.1) is 0 Å². The van der Waals surface area contributed by atoms with Gasteiger partial charge in [-0.15, -0.1) is 0 Å². The molecule has 0 aromatic carbocycles. The second-order valence-electron chi connectivity index (χ2n) is 3.06. The van der Waals surface area contributed by atoms with Crippen molar-refractivity contribution >= 4 is 73.6 Å². The van der Waals surface area contributed by atoms with Crippen LogP contribution in [0.2, 0.25) is 11.4 Å². The van der Waals surface area contributed by atoms with Gasteiger partial charge in [0.15, 0.2) is 0 Å². The fourth-order valence-corrected chi connectivity index (χ4v) is 23.2. The van der Waals surface area contributed by atoms with Gasteiger partial charge in [0.25, 0.3) is 0 Å². The molecule has 1 heterocycles. The molecule has 0 aromatic heterocycles. The summed E-state index contributed by atoms with van der Waals surface area (Å²) >= 11 is -8.68. The van der Waals surface area contributed by atoms with E-state index >= 15 is 0 Å². The van der Waals surface area contributed by atoms with E-state index in [-0.39, 0.29) is 11.8 Å². The van der Waals surface area contributed by atoms with Crippen LogP contribution in [0.1, 0.15) is 13.8 Å². The summed E-state index contributed by atoms with van der Waals surface area (Å²) in [6.45, 7) is 2.83. The monoisotopic (exact) mass is 510 g/mol. The molecule has 18 heavy (non-hydrogen) atoms. The Morgan fingerprint density at radius 1 is 0.778 bits per heavy atom. The van der Waals surface area contributed by atoms with Gasteiger partial charge < -0.3 is 0 Å². The van der Waals surface area contributed by atoms with Crippen LogP contribution in [-0.4, -0.2) is 73.6 Å². The third-order valence-electron chi connectivity index (χ3n) is 1.25. The predicted octanol–water partition coefficient (Wildman–Crippen LogP) is -1.46. The number of rotatable bonds is 2. The van der Waals surface area contributed by atoms with E-state index in [1.165, 1.54) is 13.8 Å². The van der Waals surface area contributed by atoms with Gasteiger partial charge in [-0.2, -0.15) is 0 Å². The molecule has 0 radical (unpaired) electrons. The maximum absolute atomic E-state index is 11.0. The van der Waals surface area contributed by atoms with Crippen molar-refractivity contribution in [3.8, 4) is 0 Å². The molecule has 1 aliphatic rings. The molecule has 12 heteroatoms. The zero-order valence-electron chi connectivity index (χ0n) is 10.2. The van der Waals surface area contributed by atoms with Crippen LogP contribution < -0.4 is 8.47 Å². The summed E-state index contributed by atoms with van der Waals surface area (Å²) < 4.78 is 27.9. The molecule has 0 atom stereocenters. The molecule has 104 valence electrons. The predicted molar refractivity (Wildman–Crippen MR) is 66.7 cm³/mol. The Hall–Kier alpha value is 1.01. The fraction of sp³-hybridized carbons (Fsp3) is 0.667. The van der Waals surface area contributed by atoms with E-state index in [1.54, 1.807) is 0 Å². The number of carbonyl (C=O) groups is 2. The van der Waals surface area contributed by atoms with Crippen LogP contribution in [-0.2, 0) is 20.4 Å². The molecule has 1 saturated heterocycles. The Bertz CT molecular complexity index is 278. The first kappa shape index (κ1) is 17.1. The summed E-state index contributed by atoms with van der Waals surface area (Å²) in [7, 11) is 0. The number of hydrogen-bond acceptors (Lipinski definition) is 6. The second-order valence-corrected chi connectivity index (χ2v) is 18.3. The van der Waals surface area contributed by atoms with Crippen molar-refractivity contribution in [1.82, 2.24) is 8.47 Å². The molecule has 0 aliphatic carbocycles. The summed E-state index contributed by atoms with van der Waals surface area (Å²) in [6.07, 6.45) is 0. The van der Waals surface area contributed by atoms with Gasteiger partial charge in [-0.05, 0) is 0 Å². The van der Waals surface area contributed by atoms with Crippen molar-refractivity contribution in [2.75, 3.05) is 0 Å². The second kappa shape index (κ2) is 8.33. The molecule has 1 fully saturated rings. The van der Waals surface area contributed by atoms with Gasteiger partial charge in [-0.1, -0.05) is 0 Å². The van der Waals surface area contributed by atoms with E-state index in [0.717, 1.165) is 0 Å². The van der Waals surface area contributed by atoms with Crippen LogP contribution in [0.25, 0.3) is 0 Å². The van der Waals surface area contributed by atoms with Crippen LogP contribution in [0.4, 0.5) is 0 Å². The first-order valence-corrected chi connectivity index (χ1v) is 16.5. The van der Waals surface area contributed by atoms with Crippen molar-refractivity contribution in [3.63, 3.8) is 0 Å². The first-order chi connectivity index (χ1) is 8.36. The fourth-order valence-electron chi connectivity index (χ4n) is 0.816. The Labute approximate surface area is 127 Å². The van der Waals surface area contributed by atoms with E-state index in [2.05, 4.69) is 8.47 Å². The molecule has 8 nitrogen and oxygen atoms in total. The summed E-state index contributed by atoms with van der Waals surface area (Å²) in [5, 5.41) is 0. The van der Waals surface area contributed by atoms with E-state index in [4.69, 9.17) is 10.9 Å². The quantitative estimate of drug-likeness (QED) is 0.442. The minimum atomic E-state index is -2.32. The Balaban J connectivity index is 2.59. The van der Waals surface area contributed by atoms with Crippen LogP contribution in [0.3, 0.4) is 0 Å².